The SMILES string of the molecule is CCCNC(C(OC)C(C)(C)C)C(C)(C)C. The van der Waals surface area contributed by atoms with Gasteiger partial charge in [0, 0.05) is 13.2 Å². The van der Waals surface area contributed by atoms with E-state index in [1.54, 1.807) is 0 Å². The second-order valence-electron chi connectivity index (χ2n) is 6.82. The lowest BCUT2D eigenvalue weighted by Crippen LogP contribution is -2.54. The minimum atomic E-state index is 0.160. The molecule has 2 heteroatoms. The van der Waals surface area contributed by atoms with Crippen LogP contribution in [0.2, 0.25) is 0 Å². The van der Waals surface area contributed by atoms with Crippen molar-refractivity contribution in [2.24, 2.45) is 10.8 Å². The Labute approximate surface area is 102 Å². The molecule has 0 saturated heterocycles. The maximum Gasteiger partial charge on any atom is 0.0777 e. The normalized spacial score (nSPS) is 17.2. The largest absolute Gasteiger partial charge is 0.379 e. The Balaban J connectivity index is 4.85. The van der Waals surface area contributed by atoms with Crippen molar-refractivity contribution in [3.8, 4) is 0 Å². The first-order chi connectivity index (χ1) is 7.14. The first-order valence-corrected chi connectivity index (χ1v) is 6.40. The van der Waals surface area contributed by atoms with E-state index in [0.717, 1.165) is 13.0 Å². The molecule has 0 heterocycles. The minimum Gasteiger partial charge on any atom is -0.379 e. The van der Waals surface area contributed by atoms with Crippen LogP contribution in [0.25, 0.3) is 0 Å². The Kier molecular flexibility index (Phi) is 5.99. The third-order valence-corrected chi connectivity index (χ3v) is 2.96. The average molecular weight is 229 g/mol. The minimum absolute atomic E-state index is 0.160. The molecule has 0 aromatic carbocycles. The smallest absolute Gasteiger partial charge is 0.0777 e. The summed E-state index contributed by atoms with van der Waals surface area (Å²) in [5, 5.41) is 3.64. The Morgan fingerprint density at radius 3 is 1.75 bits per heavy atom. The van der Waals surface area contributed by atoms with Crippen LogP contribution in [-0.2, 0) is 4.74 Å². The Morgan fingerprint density at radius 2 is 1.50 bits per heavy atom. The lowest BCUT2D eigenvalue weighted by Gasteiger charge is -2.43. The maximum absolute atomic E-state index is 5.74. The van der Waals surface area contributed by atoms with Crippen LogP contribution < -0.4 is 5.32 Å². The molecule has 0 bridgehead atoms. The molecular weight excluding hydrogens is 198 g/mol. The van der Waals surface area contributed by atoms with E-state index >= 15 is 0 Å². The van der Waals surface area contributed by atoms with Gasteiger partial charge in [-0.05, 0) is 23.8 Å². The molecule has 0 radical (unpaired) electrons. The van der Waals surface area contributed by atoms with Crippen LogP contribution >= 0.6 is 0 Å². The lowest BCUT2D eigenvalue weighted by atomic mass is 9.74. The molecule has 0 aliphatic heterocycles. The van der Waals surface area contributed by atoms with Crippen molar-refractivity contribution in [1.29, 1.82) is 0 Å². The average Bonchev–Trinajstić information content (AvgIpc) is 2.07. The van der Waals surface area contributed by atoms with Crippen LogP contribution in [0.4, 0.5) is 0 Å². The van der Waals surface area contributed by atoms with Crippen molar-refractivity contribution in [2.45, 2.75) is 67.0 Å². The van der Waals surface area contributed by atoms with Crippen LogP contribution in [0.5, 0.6) is 0 Å². The van der Waals surface area contributed by atoms with E-state index in [2.05, 4.69) is 53.8 Å². The molecular formula is C14H31NO. The van der Waals surface area contributed by atoms with Gasteiger partial charge in [0.05, 0.1) is 6.10 Å². The summed E-state index contributed by atoms with van der Waals surface area (Å²) < 4.78 is 5.74. The highest BCUT2D eigenvalue weighted by molar-refractivity contribution is 4.93. The lowest BCUT2D eigenvalue weighted by molar-refractivity contribution is -0.0393. The van der Waals surface area contributed by atoms with Crippen molar-refractivity contribution >= 4 is 0 Å². The molecule has 2 atom stereocenters. The van der Waals surface area contributed by atoms with E-state index in [0.29, 0.717) is 6.04 Å². The first kappa shape index (κ1) is 15.9. The van der Waals surface area contributed by atoms with Gasteiger partial charge in [-0.25, -0.2) is 0 Å². The van der Waals surface area contributed by atoms with Gasteiger partial charge in [0.15, 0.2) is 0 Å². The molecule has 0 amide bonds. The fourth-order valence-corrected chi connectivity index (χ4v) is 2.16. The van der Waals surface area contributed by atoms with E-state index in [4.69, 9.17) is 4.74 Å². The molecule has 0 aliphatic carbocycles. The van der Waals surface area contributed by atoms with Crippen LogP contribution in [-0.4, -0.2) is 25.8 Å². The molecule has 0 saturated carbocycles. The van der Waals surface area contributed by atoms with Crippen molar-refractivity contribution in [3.05, 3.63) is 0 Å². The molecule has 0 rings (SSSR count). The third kappa shape index (κ3) is 4.84. The summed E-state index contributed by atoms with van der Waals surface area (Å²) in [5.74, 6) is 0. The van der Waals surface area contributed by atoms with Crippen LogP contribution in [0, 0.1) is 10.8 Å². The molecule has 0 aliphatic rings. The van der Waals surface area contributed by atoms with E-state index in [1.165, 1.54) is 0 Å². The second kappa shape index (κ2) is 6.02. The Morgan fingerprint density at radius 1 is 1.00 bits per heavy atom. The fraction of sp³-hybridized carbons (Fsp3) is 1.00. The van der Waals surface area contributed by atoms with E-state index in [1.807, 2.05) is 7.11 Å². The first-order valence-electron chi connectivity index (χ1n) is 6.40. The molecule has 0 fully saturated rings. The molecule has 98 valence electrons. The van der Waals surface area contributed by atoms with Crippen LogP contribution in [0.15, 0.2) is 0 Å². The standard InChI is InChI=1S/C14H31NO/c1-9-10-15-11(13(2,3)4)12(16-8)14(5,6)7/h11-12,15H,9-10H2,1-8H3. The summed E-state index contributed by atoms with van der Waals surface area (Å²) in [5.41, 5.74) is 0.372. The van der Waals surface area contributed by atoms with E-state index in [-0.39, 0.29) is 16.9 Å². The number of hydrogen-bond acceptors (Lipinski definition) is 2. The number of methoxy groups -OCH3 is 1. The maximum atomic E-state index is 5.74. The topological polar surface area (TPSA) is 21.3 Å². The highest BCUT2D eigenvalue weighted by atomic mass is 16.5. The number of rotatable bonds is 5. The highest BCUT2D eigenvalue weighted by Crippen LogP contribution is 2.32. The summed E-state index contributed by atoms with van der Waals surface area (Å²) in [4.78, 5) is 0. The number of ether oxygens (including phenoxy) is 1. The van der Waals surface area contributed by atoms with Crippen molar-refractivity contribution in [1.82, 2.24) is 5.32 Å². The predicted octanol–water partition coefficient (Wildman–Crippen LogP) is 3.46. The fourth-order valence-electron chi connectivity index (χ4n) is 2.16. The summed E-state index contributed by atoms with van der Waals surface area (Å²) >= 11 is 0. The zero-order valence-corrected chi connectivity index (χ0v) is 12.5. The number of hydrogen-bond donors (Lipinski definition) is 1. The molecule has 2 nitrogen and oxygen atoms in total. The van der Waals surface area contributed by atoms with Crippen LogP contribution in [0.1, 0.15) is 54.9 Å². The molecule has 1 N–H and O–H groups in total. The van der Waals surface area contributed by atoms with Gasteiger partial charge in [-0.3, -0.25) is 0 Å². The quantitative estimate of drug-likeness (QED) is 0.779. The monoisotopic (exact) mass is 229 g/mol. The van der Waals surface area contributed by atoms with E-state index in [9.17, 15) is 0 Å². The van der Waals surface area contributed by atoms with Crippen molar-refractivity contribution in [3.63, 3.8) is 0 Å². The summed E-state index contributed by atoms with van der Waals surface area (Å²) in [7, 11) is 1.82. The van der Waals surface area contributed by atoms with Crippen molar-refractivity contribution in [2.75, 3.05) is 13.7 Å². The van der Waals surface area contributed by atoms with Crippen LogP contribution in [0.3, 0.4) is 0 Å². The molecule has 0 aromatic rings. The Bertz CT molecular complexity index is 188. The van der Waals surface area contributed by atoms with Gasteiger partial charge in [-0.1, -0.05) is 48.5 Å². The summed E-state index contributed by atoms with van der Waals surface area (Å²) in [6.07, 6.45) is 1.40. The molecule has 2 unspecified atom stereocenters. The zero-order valence-electron chi connectivity index (χ0n) is 12.5. The molecule has 16 heavy (non-hydrogen) atoms. The van der Waals surface area contributed by atoms with Gasteiger partial charge >= 0.3 is 0 Å². The third-order valence-electron chi connectivity index (χ3n) is 2.96. The van der Waals surface area contributed by atoms with Gasteiger partial charge in [0.2, 0.25) is 0 Å². The predicted molar refractivity (Wildman–Crippen MR) is 71.8 cm³/mol. The molecule has 0 aromatic heterocycles. The van der Waals surface area contributed by atoms with E-state index < -0.39 is 0 Å². The summed E-state index contributed by atoms with van der Waals surface area (Å²) in [6, 6.07) is 0.387. The Hall–Kier alpha value is -0.0800. The zero-order chi connectivity index (χ0) is 13.0. The highest BCUT2D eigenvalue weighted by Gasteiger charge is 2.38. The van der Waals surface area contributed by atoms with Crippen molar-refractivity contribution < 1.29 is 4.74 Å². The molecule has 0 spiro atoms. The number of nitrogens with one attached hydrogen (secondary N) is 1. The van der Waals surface area contributed by atoms with Gasteiger partial charge in [-0.2, -0.15) is 0 Å². The van der Waals surface area contributed by atoms with Gasteiger partial charge in [0.1, 0.15) is 0 Å². The van der Waals surface area contributed by atoms with Gasteiger partial charge < -0.3 is 10.1 Å². The van der Waals surface area contributed by atoms with Gasteiger partial charge in [-0.15, -0.1) is 0 Å². The second-order valence-corrected chi connectivity index (χ2v) is 6.82. The van der Waals surface area contributed by atoms with Gasteiger partial charge in [0.25, 0.3) is 0 Å². The summed E-state index contributed by atoms with van der Waals surface area (Å²) in [6.45, 7) is 16.8.